The number of amides is 2. The van der Waals surface area contributed by atoms with Crippen LogP contribution in [0.25, 0.3) is 6.08 Å². The van der Waals surface area contributed by atoms with Crippen LogP contribution in [0.1, 0.15) is 25.3 Å². The maximum atomic E-state index is 12.5. The van der Waals surface area contributed by atoms with Gasteiger partial charge in [0.05, 0.1) is 13.2 Å². The van der Waals surface area contributed by atoms with Gasteiger partial charge in [-0.2, -0.15) is 0 Å². The molecule has 2 fully saturated rings. The molecule has 0 aromatic heterocycles. The van der Waals surface area contributed by atoms with Crippen molar-refractivity contribution < 1.29 is 23.9 Å². The normalized spacial score (nSPS) is 17.4. The number of ether oxygens (including phenoxy) is 2. The van der Waals surface area contributed by atoms with E-state index in [9.17, 15) is 14.4 Å². The van der Waals surface area contributed by atoms with Crippen LogP contribution in [0.4, 0.5) is 4.79 Å². The predicted molar refractivity (Wildman–Crippen MR) is 112 cm³/mol. The number of hydrogen-bond acceptors (Lipinski definition) is 6. The first kappa shape index (κ1) is 21.8. The van der Waals surface area contributed by atoms with E-state index < -0.39 is 6.16 Å². The summed E-state index contributed by atoms with van der Waals surface area (Å²) in [5, 5.41) is 0. The van der Waals surface area contributed by atoms with Gasteiger partial charge in [0.1, 0.15) is 5.75 Å². The number of nitrogens with zero attached hydrogens (tertiary/aromatic N) is 3. The number of likely N-dealkylation sites (tertiary alicyclic amines) is 1. The van der Waals surface area contributed by atoms with Crippen LogP contribution in [0.5, 0.6) is 5.75 Å². The van der Waals surface area contributed by atoms with E-state index in [1.807, 2.05) is 4.90 Å². The van der Waals surface area contributed by atoms with Gasteiger partial charge in [-0.1, -0.05) is 12.1 Å². The molecule has 1 aromatic rings. The van der Waals surface area contributed by atoms with Crippen molar-refractivity contribution in [3.8, 4) is 5.75 Å². The molecule has 30 heavy (non-hydrogen) atoms. The summed E-state index contributed by atoms with van der Waals surface area (Å²) in [7, 11) is 0. The van der Waals surface area contributed by atoms with Gasteiger partial charge in [0, 0.05) is 45.3 Å². The summed E-state index contributed by atoms with van der Waals surface area (Å²) in [6.07, 6.45) is 4.74. The van der Waals surface area contributed by atoms with E-state index in [1.165, 1.54) is 0 Å². The minimum Gasteiger partial charge on any atom is -0.434 e. The molecule has 0 aliphatic carbocycles. The fourth-order valence-electron chi connectivity index (χ4n) is 3.55. The van der Waals surface area contributed by atoms with Gasteiger partial charge >= 0.3 is 6.16 Å². The molecule has 2 saturated heterocycles. The van der Waals surface area contributed by atoms with Crippen LogP contribution in [-0.4, -0.2) is 85.1 Å². The first-order chi connectivity index (χ1) is 14.5. The summed E-state index contributed by atoms with van der Waals surface area (Å²) in [5.41, 5.74) is 0.828. The standard InChI is InChI=1S/C22H29N3O5/c1-2-29-22(28)30-19-8-5-18(6-9-19)7-10-20(26)25-15-13-23(14-16-25)17-21(27)24-11-3-4-12-24/h5-10H,2-4,11-17H2,1H3/b10-7+. The summed E-state index contributed by atoms with van der Waals surface area (Å²) in [6.45, 7) is 6.79. The summed E-state index contributed by atoms with van der Waals surface area (Å²) in [6, 6.07) is 6.83. The Kier molecular flexibility index (Phi) is 7.84. The molecule has 0 atom stereocenters. The van der Waals surface area contributed by atoms with Gasteiger partial charge in [0.2, 0.25) is 11.8 Å². The number of piperazine rings is 1. The van der Waals surface area contributed by atoms with Crippen LogP contribution in [0.2, 0.25) is 0 Å². The highest BCUT2D eigenvalue weighted by atomic mass is 16.7. The van der Waals surface area contributed by atoms with Crippen molar-refractivity contribution >= 4 is 24.0 Å². The smallest absolute Gasteiger partial charge is 0.434 e. The van der Waals surface area contributed by atoms with Crippen molar-refractivity contribution in [2.75, 3.05) is 52.4 Å². The molecule has 8 nitrogen and oxygen atoms in total. The number of benzene rings is 1. The predicted octanol–water partition coefficient (Wildman–Crippen LogP) is 2.00. The van der Waals surface area contributed by atoms with E-state index in [1.54, 1.807) is 48.2 Å². The summed E-state index contributed by atoms with van der Waals surface area (Å²) >= 11 is 0. The number of carbonyl (C=O) groups is 3. The van der Waals surface area contributed by atoms with Crippen LogP contribution in [0.3, 0.4) is 0 Å². The minimum absolute atomic E-state index is 0.0487. The maximum absolute atomic E-state index is 12.5. The Morgan fingerprint density at radius 2 is 1.60 bits per heavy atom. The quantitative estimate of drug-likeness (QED) is 0.402. The highest BCUT2D eigenvalue weighted by molar-refractivity contribution is 5.91. The fraction of sp³-hybridized carbons (Fsp3) is 0.500. The molecule has 162 valence electrons. The molecule has 8 heteroatoms. The molecule has 2 aliphatic heterocycles. The summed E-state index contributed by atoms with van der Waals surface area (Å²) in [4.78, 5) is 41.9. The van der Waals surface area contributed by atoms with Crippen LogP contribution >= 0.6 is 0 Å². The lowest BCUT2D eigenvalue weighted by atomic mass is 10.2. The van der Waals surface area contributed by atoms with Crippen LogP contribution in [0, 0.1) is 0 Å². The number of hydrogen-bond donors (Lipinski definition) is 0. The average Bonchev–Trinajstić information content (AvgIpc) is 3.29. The summed E-state index contributed by atoms with van der Waals surface area (Å²) in [5.74, 6) is 0.534. The molecule has 0 unspecified atom stereocenters. The molecule has 2 aliphatic rings. The lowest BCUT2D eigenvalue weighted by Gasteiger charge is -2.34. The number of carbonyl (C=O) groups excluding carboxylic acids is 3. The van der Waals surface area contributed by atoms with Crippen molar-refractivity contribution in [3.63, 3.8) is 0 Å². The second kappa shape index (κ2) is 10.8. The lowest BCUT2D eigenvalue weighted by Crippen LogP contribution is -2.51. The summed E-state index contributed by atoms with van der Waals surface area (Å²) < 4.78 is 9.74. The van der Waals surface area contributed by atoms with Crippen LogP contribution < -0.4 is 4.74 Å². The average molecular weight is 415 g/mol. The monoisotopic (exact) mass is 415 g/mol. The molecule has 0 bridgehead atoms. The maximum Gasteiger partial charge on any atom is 0.513 e. The minimum atomic E-state index is -0.739. The second-order valence-corrected chi connectivity index (χ2v) is 7.38. The molecule has 0 radical (unpaired) electrons. The molecular weight excluding hydrogens is 386 g/mol. The molecule has 2 heterocycles. The van der Waals surface area contributed by atoms with E-state index in [0.717, 1.165) is 31.5 Å². The highest BCUT2D eigenvalue weighted by Crippen LogP contribution is 2.14. The Balaban J connectivity index is 1.42. The van der Waals surface area contributed by atoms with E-state index in [-0.39, 0.29) is 18.4 Å². The van der Waals surface area contributed by atoms with Crippen LogP contribution in [-0.2, 0) is 14.3 Å². The molecule has 1 aromatic carbocycles. The Morgan fingerprint density at radius 1 is 0.933 bits per heavy atom. The van der Waals surface area contributed by atoms with E-state index >= 15 is 0 Å². The largest absolute Gasteiger partial charge is 0.513 e. The zero-order valence-electron chi connectivity index (χ0n) is 17.4. The van der Waals surface area contributed by atoms with Gasteiger partial charge in [-0.15, -0.1) is 0 Å². The Labute approximate surface area is 177 Å². The first-order valence-electron chi connectivity index (χ1n) is 10.5. The van der Waals surface area contributed by atoms with Crippen molar-refractivity contribution in [1.29, 1.82) is 0 Å². The van der Waals surface area contributed by atoms with Crippen molar-refractivity contribution in [3.05, 3.63) is 35.9 Å². The molecular formula is C22H29N3O5. The third kappa shape index (κ3) is 6.32. The zero-order chi connectivity index (χ0) is 21.3. The third-order valence-electron chi connectivity index (χ3n) is 5.26. The molecule has 3 rings (SSSR count). The Morgan fingerprint density at radius 3 is 2.23 bits per heavy atom. The SMILES string of the molecule is CCOC(=O)Oc1ccc(/C=C/C(=O)N2CCN(CC(=O)N3CCCC3)CC2)cc1. The molecule has 2 amide bonds. The Bertz CT molecular complexity index is 763. The van der Waals surface area contributed by atoms with Gasteiger partial charge in [-0.3, -0.25) is 14.5 Å². The molecule has 0 N–H and O–H groups in total. The number of rotatable bonds is 6. The van der Waals surface area contributed by atoms with Gasteiger partial charge in [0.25, 0.3) is 0 Å². The zero-order valence-corrected chi connectivity index (χ0v) is 17.4. The Hall–Kier alpha value is -2.87. The van der Waals surface area contributed by atoms with Gasteiger partial charge in [0.15, 0.2) is 0 Å². The third-order valence-corrected chi connectivity index (χ3v) is 5.26. The second-order valence-electron chi connectivity index (χ2n) is 7.38. The van der Waals surface area contributed by atoms with Gasteiger partial charge in [-0.25, -0.2) is 4.79 Å². The van der Waals surface area contributed by atoms with Crippen molar-refractivity contribution in [1.82, 2.24) is 14.7 Å². The lowest BCUT2D eigenvalue weighted by molar-refractivity contribution is -0.132. The van der Waals surface area contributed by atoms with Gasteiger partial charge in [-0.05, 0) is 43.5 Å². The fourth-order valence-corrected chi connectivity index (χ4v) is 3.55. The molecule has 0 spiro atoms. The molecule has 0 saturated carbocycles. The van der Waals surface area contributed by atoms with Crippen molar-refractivity contribution in [2.45, 2.75) is 19.8 Å². The van der Waals surface area contributed by atoms with Gasteiger partial charge < -0.3 is 19.3 Å². The first-order valence-corrected chi connectivity index (χ1v) is 10.5. The highest BCUT2D eigenvalue weighted by Gasteiger charge is 2.24. The topological polar surface area (TPSA) is 79.4 Å². The van der Waals surface area contributed by atoms with Crippen molar-refractivity contribution in [2.24, 2.45) is 0 Å². The van der Waals surface area contributed by atoms with Crippen LogP contribution in [0.15, 0.2) is 30.3 Å². The van der Waals surface area contributed by atoms with E-state index in [0.29, 0.717) is 38.5 Å². The van der Waals surface area contributed by atoms with E-state index in [2.05, 4.69) is 4.90 Å². The van der Waals surface area contributed by atoms with E-state index in [4.69, 9.17) is 9.47 Å².